The molecule has 0 unspecified atom stereocenters. The van der Waals surface area contributed by atoms with E-state index in [1.807, 2.05) is 48.5 Å². The summed E-state index contributed by atoms with van der Waals surface area (Å²) in [6.07, 6.45) is 6.79. The Morgan fingerprint density at radius 2 is 0.556 bits per heavy atom. The first kappa shape index (κ1) is 21.6. The van der Waals surface area contributed by atoms with Crippen molar-refractivity contribution in [1.29, 1.82) is 0 Å². The topological polar surface area (TPSA) is 51.6 Å². The molecule has 0 aliphatic heterocycles. The van der Waals surface area contributed by atoms with Crippen LogP contribution >= 0.6 is 0 Å². The maximum Gasteiger partial charge on any atom is 0.0886 e. The summed E-state index contributed by atoms with van der Waals surface area (Å²) in [6.45, 7) is 0. The average molecular weight is 463 g/mol. The van der Waals surface area contributed by atoms with Crippen molar-refractivity contribution in [2.24, 2.45) is 0 Å². The summed E-state index contributed by atoms with van der Waals surface area (Å²) in [6, 6.07) is 37.5. The molecule has 2 aromatic heterocycles. The van der Waals surface area contributed by atoms with Crippen LogP contribution in [0.4, 0.5) is 0 Å². The van der Waals surface area contributed by atoms with Gasteiger partial charge in [0.15, 0.2) is 0 Å². The number of benzene rings is 6. The summed E-state index contributed by atoms with van der Waals surface area (Å²) < 4.78 is 0. The highest BCUT2D eigenvalue weighted by molar-refractivity contribution is 6.22. The number of rotatable bonds is 0. The molecule has 6 aromatic carbocycles. The van der Waals surface area contributed by atoms with Crippen LogP contribution < -0.4 is 0 Å². The number of fused-ring (bicyclic) bond motifs is 2. The van der Waals surface area contributed by atoms with Crippen LogP contribution in [0.3, 0.4) is 0 Å². The third-order valence-electron chi connectivity index (χ3n) is 6.14. The van der Waals surface area contributed by atoms with Crippen molar-refractivity contribution in [3.8, 4) is 0 Å². The lowest BCUT2D eigenvalue weighted by molar-refractivity contribution is 1.29. The first-order chi connectivity index (χ1) is 17.9. The smallest absolute Gasteiger partial charge is 0.0886 e. The Bertz CT molecular complexity index is 1580. The normalized spacial score (nSPS) is 10.8. The monoisotopic (exact) mass is 462 g/mol. The van der Waals surface area contributed by atoms with Crippen LogP contribution in [0.5, 0.6) is 0 Å². The summed E-state index contributed by atoms with van der Waals surface area (Å²) >= 11 is 0. The Kier molecular flexibility index (Phi) is 5.83. The van der Waals surface area contributed by atoms with E-state index in [-0.39, 0.29) is 0 Å². The molecule has 8 aromatic rings. The molecule has 0 aliphatic carbocycles. The lowest BCUT2D eigenvalue weighted by Crippen LogP contribution is -1.82. The van der Waals surface area contributed by atoms with Gasteiger partial charge in [0.2, 0.25) is 0 Å². The fourth-order valence-corrected chi connectivity index (χ4v) is 4.49. The molecule has 0 radical (unpaired) electrons. The average Bonchev–Trinajstić information content (AvgIpc) is 2.97. The van der Waals surface area contributed by atoms with E-state index in [1.165, 1.54) is 32.3 Å². The van der Waals surface area contributed by atoms with Crippen molar-refractivity contribution < 1.29 is 0 Å². The van der Waals surface area contributed by atoms with Gasteiger partial charge < -0.3 is 0 Å². The zero-order valence-electron chi connectivity index (χ0n) is 19.5. The zero-order chi connectivity index (χ0) is 24.2. The van der Waals surface area contributed by atoms with Crippen LogP contribution in [0.25, 0.3) is 54.4 Å². The highest BCUT2D eigenvalue weighted by Gasteiger charge is 2.06. The molecule has 0 spiro atoms. The summed E-state index contributed by atoms with van der Waals surface area (Å²) in [5.74, 6) is 0. The molecule has 0 fully saturated rings. The van der Waals surface area contributed by atoms with Crippen molar-refractivity contribution in [1.82, 2.24) is 19.9 Å². The van der Waals surface area contributed by atoms with Crippen LogP contribution in [0.2, 0.25) is 0 Å². The maximum atomic E-state index is 4.12. The van der Waals surface area contributed by atoms with Crippen LogP contribution in [-0.4, -0.2) is 19.9 Å². The molecule has 0 saturated carbocycles. The SMILES string of the molecule is c1cc2ccc3cccc4ccc(c1)c2c34.c1ccc2nccnc2c1.c1ccc2nccnc2c1. The number of nitrogens with zero attached hydrogens (tertiary/aromatic N) is 4. The summed E-state index contributed by atoms with van der Waals surface area (Å²) in [4.78, 5) is 16.5. The maximum absolute atomic E-state index is 4.12. The molecule has 170 valence electrons. The second kappa shape index (κ2) is 9.72. The Balaban J connectivity index is 0.000000105. The van der Waals surface area contributed by atoms with Crippen LogP contribution in [0.1, 0.15) is 0 Å². The van der Waals surface area contributed by atoms with Gasteiger partial charge in [0.25, 0.3) is 0 Å². The van der Waals surface area contributed by atoms with Crippen molar-refractivity contribution in [2.45, 2.75) is 0 Å². The van der Waals surface area contributed by atoms with Crippen LogP contribution in [0.15, 0.2) is 134 Å². The van der Waals surface area contributed by atoms with E-state index in [2.05, 4.69) is 80.6 Å². The van der Waals surface area contributed by atoms with Gasteiger partial charge in [-0.25, -0.2) is 0 Å². The highest BCUT2D eigenvalue weighted by atomic mass is 14.8. The largest absolute Gasteiger partial charge is 0.253 e. The molecule has 36 heavy (non-hydrogen) atoms. The van der Waals surface area contributed by atoms with E-state index < -0.39 is 0 Å². The van der Waals surface area contributed by atoms with Crippen molar-refractivity contribution in [3.05, 3.63) is 134 Å². The van der Waals surface area contributed by atoms with Gasteiger partial charge in [-0.05, 0) is 56.6 Å². The van der Waals surface area contributed by atoms with Gasteiger partial charge in [0.1, 0.15) is 0 Å². The Morgan fingerprint density at radius 1 is 0.278 bits per heavy atom. The summed E-state index contributed by atoms with van der Waals surface area (Å²) in [7, 11) is 0. The van der Waals surface area contributed by atoms with Crippen LogP contribution in [-0.2, 0) is 0 Å². The van der Waals surface area contributed by atoms with Gasteiger partial charge >= 0.3 is 0 Å². The lowest BCUT2D eigenvalue weighted by Gasteiger charge is -2.09. The predicted octanol–water partition coefficient (Wildman–Crippen LogP) is 7.84. The van der Waals surface area contributed by atoms with Gasteiger partial charge in [0.05, 0.1) is 22.1 Å². The fourth-order valence-electron chi connectivity index (χ4n) is 4.49. The molecule has 8 rings (SSSR count). The van der Waals surface area contributed by atoms with Crippen LogP contribution in [0, 0.1) is 0 Å². The fraction of sp³-hybridized carbons (Fsp3) is 0. The zero-order valence-corrected chi connectivity index (χ0v) is 19.5. The van der Waals surface area contributed by atoms with E-state index in [9.17, 15) is 0 Å². The Labute approximate surface area is 208 Å². The molecular formula is C32H22N4. The van der Waals surface area contributed by atoms with Gasteiger partial charge in [0, 0.05) is 24.8 Å². The lowest BCUT2D eigenvalue weighted by atomic mass is 9.95. The van der Waals surface area contributed by atoms with Crippen molar-refractivity contribution in [2.75, 3.05) is 0 Å². The minimum absolute atomic E-state index is 0.949. The molecule has 2 heterocycles. The first-order valence-corrected chi connectivity index (χ1v) is 11.8. The minimum Gasteiger partial charge on any atom is -0.253 e. The van der Waals surface area contributed by atoms with Gasteiger partial charge in [-0.15, -0.1) is 0 Å². The van der Waals surface area contributed by atoms with E-state index >= 15 is 0 Å². The molecule has 0 aliphatic rings. The molecule has 0 atom stereocenters. The molecule has 0 amide bonds. The first-order valence-electron chi connectivity index (χ1n) is 11.8. The van der Waals surface area contributed by atoms with Gasteiger partial charge in [-0.3, -0.25) is 19.9 Å². The van der Waals surface area contributed by atoms with E-state index in [1.54, 1.807) is 24.8 Å². The third-order valence-corrected chi connectivity index (χ3v) is 6.14. The van der Waals surface area contributed by atoms with E-state index in [0.29, 0.717) is 0 Å². The second-order valence-electron chi connectivity index (χ2n) is 8.38. The molecule has 4 nitrogen and oxygen atoms in total. The standard InChI is InChI=1S/C16H10.2C8H6N2/c1-3-11-7-9-13-5-2-6-14-10-8-12(4-1)15(11)16(13)14;2*1-2-4-8-7(3-1)9-5-6-10-8/h1-10H;2*1-6H. The van der Waals surface area contributed by atoms with Crippen molar-refractivity contribution in [3.63, 3.8) is 0 Å². The molecular weight excluding hydrogens is 440 g/mol. The highest BCUT2D eigenvalue weighted by Crippen LogP contribution is 2.33. The number of hydrogen-bond acceptors (Lipinski definition) is 4. The van der Waals surface area contributed by atoms with E-state index in [4.69, 9.17) is 0 Å². The van der Waals surface area contributed by atoms with Crippen molar-refractivity contribution >= 4 is 54.4 Å². The summed E-state index contributed by atoms with van der Waals surface area (Å²) in [5, 5.41) is 8.14. The van der Waals surface area contributed by atoms with E-state index in [0.717, 1.165) is 22.1 Å². The quantitative estimate of drug-likeness (QED) is 0.215. The summed E-state index contributed by atoms with van der Waals surface area (Å²) in [5.41, 5.74) is 3.80. The van der Waals surface area contributed by atoms with Gasteiger partial charge in [-0.1, -0.05) is 84.9 Å². The molecule has 0 N–H and O–H groups in total. The Morgan fingerprint density at radius 3 is 0.833 bits per heavy atom. The molecule has 0 bridgehead atoms. The minimum atomic E-state index is 0.949. The predicted molar refractivity (Wildman–Crippen MR) is 149 cm³/mol. The molecule has 4 heteroatoms. The number of aromatic nitrogens is 4. The van der Waals surface area contributed by atoms with Gasteiger partial charge in [-0.2, -0.15) is 0 Å². The Hall–Kier alpha value is -4.96. The number of para-hydroxylation sites is 4. The third kappa shape index (κ3) is 4.28. The second-order valence-corrected chi connectivity index (χ2v) is 8.38. The number of hydrogen-bond donors (Lipinski definition) is 0. The molecule has 0 saturated heterocycles.